The quantitative estimate of drug-likeness (QED) is 0.857. The fraction of sp³-hybridized carbons (Fsp3) is 0.611. The molecule has 5 nitrogen and oxygen atoms in total. The number of carbonyl (C=O) groups excluding carboxylic acids is 1. The Bertz CT molecular complexity index is 725. The molecule has 3 aliphatic heterocycles. The van der Waals surface area contributed by atoms with Crippen molar-refractivity contribution in [1.29, 1.82) is 0 Å². The summed E-state index contributed by atoms with van der Waals surface area (Å²) in [5, 5.41) is 10.0. The van der Waals surface area contributed by atoms with Crippen LogP contribution < -0.4 is 10.7 Å². The van der Waals surface area contributed by atoms with E-state index < -0.39 is 0 Å². The van der Waals surface area contributed by atoms with Gasteiger partial charge in [0, 0.05) is 31.6 Å². The van der Waals surface area contributed by atoms with E-state index in [2.05, 4.69) is 51.3 Å². The molecule has 3 fully saturated rings. The maximum atomic E-state index is 13.2. The van der Waals surface area contributed by atoms with Gasteiger partial charge in [-0.1, -0.05) is 0 Å². The molecular formula is C18H24N4OS. The van der Waals surface area contributed by atoms with Gasteiger partial charge in [-0.2, -0.15) is 11.3 Å². The highest BCUT2D eigenvalue weighted by Gasteiger charge is 2.62. The second-order valence-corrected chi connectivity index (χ2v) is 9.02. The Hall–Kier alpha value is -1.53. The van der Waals surface area contributed by atoms with Crippen LogP contribution in [0.5, 0.6) is 0 Å². The van der Waals surface area contributed by atoms with Crippen LogP contribution in [0.4, 0.5) is 0 Å². The van der Waals surface area contributed by atoms with Crippen molar-refractivity contribution in [3.8, 4) is 0 Å². The van der Waals surface area contributed by atoms with Gasteiger partial charge in [0.1, 0.15) is 5.82 Å². The Morgan fingerprint density at radius 2 is 2.29 bits per heavy atom. The first kappa shape index (κ1) is 14.8. The summed E-state index contributed by atoms with van der Waals surface area (Å²) in [7, 11) is 0. The van der Waals surface area contributed by atoms with E-state index in [1.54, 1.807) is 11.3 Å². The molecule has 1 aromatic rings. The van der Waals surface area contributed by atoms with Gasteiger partial charge in [0.05, 0.1) is 11.1 Å². The predicted octanol–water partition coefficient (Wildman–Crippen LogP) is 1.65. The van der Waals surface area contributed by atoms with E-state index in [1.807, 2.05) is 0 Å². The topological polar surface area (TPSA) is 47.6 Å². The van der Waals surface area contributed by atoms with E-state index in [4.69, 9.17) is 0 Å². The molecule has 2 unspecified atom stereocenters. The lowest BCUT2D eigenvalue weighted by Crippen LogP contribution is -2.55. The fourth-order valence-corrected chi connectivity index (χ4v) is 5.52. The van der Waals surface area contributed by atoms with Crippen LogP contribution in [0, 0.1) is 5.92 Å². The van der Waals surface area contributed by atoms with Gasteiger partial charge in [0.25, 0.3) is 5.91 Å². The van der Waals surface area contributed by atoms with Gasteiger partial charge in [-0.05, 0) is 55.0 Å². The molecule has 6 heteroatoms. The van der Waals surface area contributed by atoms with Gasteiger partial charge in [-0.15, -0.1) is 0 Å². The van der Waals surface area contributed by atoms with Crippen molar-refractivity contribution >= 4 is 17.2 Å². The van der Waals surface area contributed by atoms with Crippen LogP contribution in [0.1, 0.15) is 32.3 Å². The van der Waals surface area contributed by atoms with Crippen LogP contribution in [0.25, 0.3) is 0 Å². The Kier molecular flexibility index (Phi) is 2.93. The standard InChI is InChI=1S/C18H24N4OS/c1-17(2)4-5-19-15-14(8-20-22(15)17)16(23)21-9-13-7-18(13,11-21)12-3-6-24-10-12/h3,6,10,13,19-20H,4-5,7-9,11H2,1-2H3. The second-order valence-electron chi connectivity index (χ2n) is 8.24. The van der Waals surface area contributed by atoms with E-state index in [1.165, 1.54) is 12.0 Å². The maximum Gasteiger partial charge on any atom is 0.254 e. The van der Waals surface area contributed by atoms with Crippen molar-refractivity contribution in [3.05, 3.63) is 33.8 Å². The monoisotopic (exact) mass is 344 g/mol. The zero-order valence-electron chi connectivity index (χ0n) is 14.3. The summed E-state index contributed by atoms with van der Waals surface area (Å²) < 4.78 is 0. The molecular weight excluding hydrogens is 320 g/mol. The molecule has 4 aliphatic rings. The average molecular weight is 344 g/mol. The molecule has 1 aromatic heterocycles. The van der Waals surface area contributed by atoms with Gasteiger partial charge >= 0.3 is 0 Å². The van der Waals surface area contributed by atoms with Gasteiger partial charge in [0.2, 0.25) is 0 Å². The summed E-state index contributed by atoms with van der Waals surface area (Å²) in [5.41, 5.74) is 6.06. The van der Waals surface area contributed by atoms with E-state index in [0.29, 0.717) is 12.5 Å². The lowest BCUT2D eigenvalue weighted by Gasteiger charge is -2.43. The molecule has 1 saturated carbocycles. The van der Waals surface area contributed by atoms with Crippen molar-refractivity contribution in [2.75, 3.05) is 26.2 Å². The van der Waals surface area contributed by atoms with Crippen molar-refractivity contribution in [1.82, 2.24) is 20.7 Å². The zero-order chi connectivity index (χ0) is 16.5. The molecule has 1 amide bonds. The van der Waals surface area contributed by atoms with Crippen molar-refractivity contribution in [3.63, 3.8) is 0 Å². The summed E-state index contributed by atoms with van der Waals surface area (Å²) in [6.07, 6.45) is 2.31. The number of fused-ring (bicyclic) bond motifs is 2. The summed E-state index contributed by atoms with van der Waals surface area (Å²) >= 11 is 1.76. The summed E-state index contributed by atoms with van der Waals surface area (Å²) in [5.74, 6) is 1.87. The fourth-order valence-electron chi connectivity index (χ4n) is 4.76. The van der Waals surface area contributed by atoms with E-state index in [9.17, 15) is 4.79 Å². The predicted molar refractivity (Wildman–Crippen MR) is 94.3 cm³/mol. The molecule has 0 bridgehead atoms. The van der Waals surface area contributed by atoms with Gasteiger partial charge in [0.15, 0.2) is 0 Å². The molecule has 1 aliphatic carbocycles. The van der Waals surface area contributed by atoms with E-state index in [-0.39, 0.29) is 16.9 Å². The number of hydrazine groups is 1. The number of likely N-dealkylation sites (tertiary alicyclic amines) is 1. The number of piperidine rings is 1. The number of hydrogen-bond donors (Lipinski definition) is 2. The molecule has 2 atom stereocenters. The average Bonchev–Trinajstić information content (AvgIpc) is 3.05. The van der Waals surface area contributed by atoms with Crippen molar-refractivity contribution < 1.29 is 4.79 Å². The molecule has 2 saturated heterocycles. The first-order valence-corrected chi connectivity index (χ1v) is 9.78. The highest BCUT2D eigenvalue weighted by atomic mass is 32.1. The minimum absolute atomic E-state index is 0.0493. The highest BCUT2D eigenvalue weighted by molar-refractivity contribution is 7.08. The molecule has 0 spiro atoms. The molecule has 4 heterocycles. The molecule has 24 heavy (non-hydrogen) atoms. The number of carbonyl (C=O) groups is 1. The second kappa shape index (κ2) is 4.76. The number of hydrogen-bond acceptors (Lipinski definition) is 5. The number of nitrogens with zero attached hydrogens (tertiary/aromatic N) is 2. The molecule has 0 aromatic carbocycles. The minimum Gasteiger partial charge on any atom is -0.370 e. The normalized spacial score (nSPS) is 33.3. The van der Waals surface area contributed by atoms with Crippen LogP contribution in [0.3, 0.4) is 0 Å². The molecule has 5 rings (SSSR count). The minimum atomic E-state index is 0.0493. The van der Waals surface area contributed by atoms with Crippen molar-refractivity contribution in [2.45, 2.75) is 37.6 Å². The highest BCUT2D eigenvalue weighted by Crippen LogP contribution is 2.59. The maximum absolute atomic E-state index is 13.2. The van der Waals surface area contributed by atoms with E-state index >= 15 is 0 Å². The van der Waals surface area contributed by atoms with Gasteiger partial charge in [-0.3, -0.25) is 9.80 Å². The van der Waals surface area contributed by atoms with Crippen LogP contribution in [-0.4, -0.2) is 47.5 Å². The third-order valence-electron chi connectivity index (χ3n) is 6.35. The SMILES string of the molecule is CC1(C)CCNC2=C(C(=O)N3CC4CC4(c4ccsc4)C3)CNN21. The Balaban J connectivity index is 1.39. The lowest BCUT2D eigenvalue weighted by molar-refractivity contribution is -0.126. The van der Waals surface area contributed by atoms with Crippen LogP contribution >= 0.6 is 11.3 Å². The Morgan fingerprint density at radius 1 is 1.42 bits per heavy atom. The Labute approximate surface area is 146 Å². The van der Waals surface area contributed by atoms with Crippen LogP contribution in [-0.2, 0) is 10.2 Å². The third-order valence-corrected chi connectivity index (χ3v) is 7.03. The van der Waals surface area contributed by atoms with Crippen LogP contribution in [0.15, 0.2) is 28.2 Å². The van der Waals surface area contributed by atoms with Gasteiger partial charge < -0.3 is 10.2 Å². The first-order valence-electron chi connectivity index (χ1n) is 8.84. The third kappa shape index (κ3) is 1.93. The molecule has 128 valence electrons. The lowest BCUT2D eigenvalue weighted by atomic mass is 9.97. The smallest absolute Gasteiger partial charge is 0.254 e. The van der Waals surface area contributed by atoms with Crippen LogP contribution in [0.2, 0.25) is 0 Å². The summed E-state index contributed by atoms with van der Waals surface area (Å²) in [4.78, 5) is 15.2. The first-order chi connectivity index (χ1) is 11.5. The largest absolute Gasteiger partial charge is 0.370 e. The number of amides is 1. The van der Waals surface area contributed by atoms with E-state index in [0.717, 1.165) is 37.4 Å². The Morgan fingerprint density at radius 3 is 3.08 bits per heavy atom. The van der Waals surface area contributed by atoms with Gasteiger partial charge in [-0.25, -0.2) is 5.43 Å². The number of nitrogens with one attached hydrogen (secondary N) is 2. The summed E-state index contributed by atoms with van der Waals surface area (Å²) in [6.45, 7) is 7.81. The molecule has 0 radical (unpaired) electrons. The molecule has 2 N–H and O–H groups in total. The number of thiophene rings is 1. The number of rotatable bonds is 2. The summed E-state index contributed by atoms with van der Waals surface area (Å²) in [6, 6.07) is 2.24. The van der Waals surface area contributed by atoms with Crippen molar-refractivity contribution in [2.24, 2.45) is 5.92 Å². The zero-order valence-corrected chi connectivity index (χ0v) is 15.1.